The lowest BCUT2D eigenvalue weighted by Crippen LogP contribution is -2.41. The van der Waals surface area contributed by atoms with E-state index in [1.807, 2.05) is 0 Å². The molecule has 0 amide bonds. The van der Waals surface area contributed by atoms with Gasteiger partial charge < -0.3 is 10.1 Å². The molecule has 0 bridgehead atoms. The van der Waals surface area contributed by atoms with Crippen molar-refractivity contribution in [3.63, 3.8) is 0 Å². The molecule has 0 spiro atoms. The minimum absolute atomic E-state index is 0.456. The fourth-order valence-electron chi connectivity index (χ4n) is 2.90. The number of rotatable bonds is 4. The summed E-state index contributed by atoms with van der Waals surface area (Å²) in [5.41, 5.74) is 0.913. The molecule has 1 saturated heterocycles. The summed E-state index contributed by atoms with van der Waals surface area (Å²) in [5.74, 6) is 0. The Morgan fingerprint density at radius 3 is 2.19 bits per heavy atom. The van der Waals surface area contributed by atoms with Gasteiger partial charge in [0.1, 0.15) is 0 Å². The number of hydrogen-bond donors (Lipinski definition) is 1. The Hall–Kier alpha value is -0.120. The van der Waals surface area contributed by atoms with E-state index in [4.69, 9.17) is 4.74 Å². The monoisotopic (exact) mass is 226 g/mol. The fraction of sp³-hybridized carbons (Fsp3) is 1.00. The molecule has 2 rings (SSSR count). The smallest absolute Gasteiger partial charge is 0.0594 e. The SMILES string of the molecule is CC1(C)C(NCCN2CCOCC2)C1(C)C. The summed E-state index contributed by atoms with van der Waals surface area (Å²) in [6.07, 6.45) is 0. The van der Waals surface area contributed by atoms with Crippen LogP contribution < -0.4 is 5.32 Å². The van der Waals surface area contributed by atoms with Gasteiger partial charge in [0.25, 0.3) is 0 Å². The summed E-state index contributed by atoms with van der Waals surface area (Å²) in [7, 11) is 0. The van der Waals surface area contributed by atoms with E-state index in [0.29, 0.717) is 16.9 Å². The Labute approximate surface area is 99.5 Å². The third kappa shape index (κ3) is 2.13. The Balaban J connectivity index is 1.66. The van der Waals surface area contributed by atoms with E-state index in [0.717, 1.165) is 39.4 Å². The molecule has 0 atom stereocenters. The van der Waals surface area contributed by atoms with Crippen LogP contribution in [0.25, 0.3) is 0 Å². The first-order valence-electron chi connectivity index (χ1n) is 6.50. The van der Waals surface area contributed by atoms with E-state index >= 15 is 0 Å². The van der Waals surface area contributed by atoms with Crippen molar-refractivity contribution in [3.05, 3.63) is 0 Å². The van der Waals surface area contributed by atoms with Gasteiger partial charge in [-0.2, -0.15) is 0 Å². The number of morpholine rings is 1. The molecular formula is C13H26N2O. The minimum atomic E-state index is 0.456. The van der Waals surface area contributed by atoms with Crippen molar-refractivity contribution in [2.24, 2.45) is 10.8 Å². The Morgan fingerprint density at radius 1 is 1.12 bits per heavy atom. The van der Waals surface area contributed by atoms with E-state index in [-0.39, 0.29) is 0 Å². The predicted octanol–water partition coefficient (Wildman–Crippen LogP) is 1.34. The van der Waals surface area contributed by atoms with Crippen molar-refractivity contribution in [1.29, 1.82) is 0 Å². The molecule has 2 fully saturated rings. The van der Waals surface area contributed by atoms with Crippen molar-refractivity contribution >= 4 is 0 Å². The molecule has 1 aliphatic carbocycles. The molecule has 0 radical (unpaired) electrons. The number of ether oxygens (including phenoxy) is 1. The second-order valence-electron chi connectivity index (χ2n) is 6.28. The lowest BCUT2D eigenvalue weighted by atomic mass is 10.0. The zero-order chi connectivity index (χ0) is 11.8. The molecule has 0 unspecified atom stereocenters. The van der Waals surface area contributed by atoms with Crippen LogP contribution in [0.15, 0.2) is 0 Å². The highest BCUT2D eigenvalue weighted by molar-refractivity contribution is 5.17. The molecule has 1 N–H and O–H groups in total. The first-order chi connectivity index (χ1) is 7.46. The van der Waals surface area contributed by atoms with Crippen molar-refractivity contribution in [3.8, 4) is 0 Å². The normalized spacial score (nSPS) is 29.2. The molecule has 0 aromatic carbocycles. The minimum Gasteiger partial charge on any atom is -0.379 e. The zero-order valence-electron chi connectivity index (χ0n) is 11.2. The maximum atomic E-state index is 5.34. The van der Waals surface area contributed by atoms with Crippen molar-refractivity contribution in [2.75, 3.05) is 39.4 Å². The van der Waals surface area contributed by atoms with Gasteiger partial charge in [0.15, 0.2) is 0 Å². The standard InChI is InChI=1S/C13H26N2O/c1-12(2)11(13(12,3)4)14-5-6-15-7-9-16-10-8-15/h11,14H,5-10H2,1-4H3. The van der Waals surface area contributed by atoms with Crippen LogP contribution >= 0.6 is 0 Å². The van der Waals surface area contributed by atoms with E-state index in [2.05, 4.69) is 37.9 Å². The maximum absolute atomic E-state index is 5.34. The van der Waals surface area contributed by atoms with Crippen LogP contribution in [0.2, 0.25) is 0 Å². The van der Waals surface area contributed by atoms with Crippen LogP contribution in [0.5, 0.6) is 0 Å². The van der Waals surface area contributed by atoms with Crippen molar-refractivity contribution in [1.82, 2.24) is 10.2 Å². The first kappa shape index (κ1) is 12.3. The van der Waals surface area contributed by atoms with E-state index < -0.39 is 0 Å². The average molecular weight is 226 g/mol. The number of nitrogens with zero attached hydrogens (tertiary/aromatic N) is 1. The second kappa shape index (κ2) is 4.28. The third-order valence-corrected chi connectivity index (χ3v) is 4.90. The molecule has 2 aliphatic rings. The van der Waals surface area contributed by atoms with Crippen LogP contribution in [0.3, 0.4) is 0 Å². The van der Waals surface area contributed by atoms with Gasteiger partial charge >= 0.3 is 0 Å². The van der Waals surface area contributed by atoms with Gasteiger partial charge in [-0.25, -0.2) is 0 Å². The Bertz CT molecular complexity index is 230. The van der Waals surface area contributed by atoms with Crippen LogP contribution in [-0.2, 0) is 4.74 Å². The zero-order valence-corrected chi connectivity index (χ0v) is 11.2. The predicted molar refractivity (Wildman–Crippen MR) is 66.6 cm³/mol. The molecule has 3 nitrogen and oxygen atoms in total. The number of nitrogens with one attached hydrogen (secondary N) is 1. The van der Waals surface area contributed by atoms with Crippen LogP contribution in [0.1, 0.15) is 27.7 Å². The molecule has 1 heterocycles. The largest absolute Gasteiger partial charge is 0.379 e. The maximum Gasteiger partial charge on any atom is 0.0594 e. The van der Waals surface area contributed by atoms with Crippen molar-refractivity contribution in [2.45, 2.75) is 33.7 Å². The second-order valence-corrected chi connectivity index (χ2v) is 6.28. The summed E-state index contributed by atoms with van der Waals surface area (Å²) < 4.78 is 5.34. The third-order valence-electron chi connectivity index (χ3n) is 4.90. The van der Waals surface area contributed by atoms with Gasteiger partial charge in [-0.1, -0.05) is 27.7 Å². The van der Waals surface area contributed by atoms with E-state index in [1.165, 1.54) is 0 Å². The summed E-state index contributed by atoms with van der Waals surface area (Å²) in [5, 5.41) is 3.70. The summed E-state index contributed by atoms with van der Waals surface area (Å²) in [4.78, 5) is 2.48. The molecule has 0 aromatic rings. The summed E-state index contributed by atoms with van der Waals surface area (Å²) >= 11 is 0. The summed E-state index contributed by atoms with van der Waals surface area (Å²) in [6, 6.07) is 0.682. The lowest BCUT2D eigenvalue weighted by Gasteiger charge is -2.26. The fourth-order valence-corrected chi connectivity index (χ4v) is 2.90. The molecule has 1 saturated carbocycles. The van der Waals surface area contributed by atoms with Gasteiger partial charge in [0, 0.05) is 32.2 Å². The Morgan fingerprint density at radius 2 is 1.69 bits per heavy atom. The van der Waals surface area contributed by atoms with Crippen molar-refractivity contribution < 1.29 is 4.74 Å². The van der Waals surface area contributed by atoms with Gasteiger partial charge in [0.2, 0.25) is 0 Å². The highest BCUT2D eigenvalue weighted by atomic mass is 16.5. The van der Waals surface area contributed by atoms with E-state index in [1.54, 1.807) is 0 Å². The summed E-state index contributed by atoms with van der Waals surface area (Å²) in [6.45, 7) is 15.7. The Kier molecular flexibility index (Phi) is 3.30. The van der Waals surface area contributed by atoms with Gasteiger partial charge in [0.05, 0.1) is 13.2 Å². The van der Waals surface area contributed by atoms with Gasteiger partial charge in [-0.15, -0.1) is 0 Å². The molecular weight excluding hydrogens is 200 g/mol. The average Bonchev–Trinajstić information content (AvgIpc) is 2.62. The molecule has 1 aliphatic heterocycles. The molecule has 3 heteroatoms. The van der Waals surface area contributed by atoms with Crippen LogP contribution in [-0.4, -0.2) is 50.3 Å². The lowest BCUT2D eigenvalue weighted by molar-refractivity contribution is 0.0383. The molecule has 94 valence electrons. The molecule has 16 heavy (non-hydrogen) atoms. The quantitative estimate of drug-likeness (QED) is 0.783. The highest BCUT2D eigenvalue weighted by Gasteiger charge is 2.64. The molecule has 0 aromatic heterocycles. The van der Waals surface area contributed by atoms with Gasteiger partial charge in [-0.3, -0.25) is 4.90 Å². The van der Waals surface area contributed by atoms with Gasteiger partial charge in [-0.05, 0) is 10.8 Å². The van der Waals surface area contributed by atoms with Crippen LogP contribution in [0.4, 0.5) is 0 Å². The van der Waals surface area contributed by atoms with Crippen LogP contribution in [0, 0.1) is 10.8 Å². The number of hydrogen-bond acceptors (Lipinski definition) is 3. The van der Waals surface area contributed by atoms with E-state index in [9.17, 15) is 0 Å². The topological polar surface area (TPSA) is 24.5 Å². The highest BCUT2D eigenvalue weighted by Crippen LogP contribution is 2.62. The first-order valence-corrected chi connectivity index (χ1v) is 6.50.